The fourth-order valence-electron chi connectivity index (χ4n) is 3.31. The maximum atomic E-state index is 12.5. The van der Waals surface area contributed by atoms with Crippen molar-refractivity contribution in [2.24, 2.45) is 5.92 Å². The first-order chi connectivity index (χ1) is 13.6. The van der Waals surface area contributed by atoms with E-state index in [-0.39, 0.29) is 24.2 Å². The van der Waals surface area contributed by atoms with Gasteiger partial charge in [0.2, 0.25) is 0 Å². The minimum atomic E-state index is -0.558. The highest BCUT2D eigenvalue weighted by atomic mass is 16.6. The number of nitrogens with one attached hydrogen (secondary N) is 1. The number of H-pyrrole nitrogens is 1. The molecule has 0 atom stereocenters. The molecule has 0 unspecified atom stereocenters. The summed E-state index contributed by atoms with van der Waals surface area (Å²) in [5, 5.41) is 10.4. The molecule has 1 N–H and O–H groups in total. The number of hydrogen-bond acceptors (Lipinski definition) is 7. The van der Waals surface area contributed by atoms with Gasteiger partial charge in [0.1, 0.15) is 5.69 Å². The molecule has 1 fully saturated rings. The molecule has 1 aromatic carbocycles. The number of nitrogens with zero attached hydrogens (tertiary/aromatic N) is 2. The van der Waals surface area contributed by atoms with Crippen LogP contribution < -0.4 is 9.47 Å². The van der Waals surface area contributed by atoms with E-state index in [0.29, 0.717) is 29.4 Å². The van der Waals surface area contributed by atoms with Gasteiger partial charge in [0.05, 0.1) is 19.1 Å². The molecule has 1 aromatic heterocycles. The van der Waals surface area contributed by atoms with Crippen LogP contribution in [0, 0.1) is 5.92 Å². The second-order valence-electron chi connectivity index (χ2n) is 6.59. The zero-order valence-corrected chi connectivity index (χ0v) is 16.2. The molecule has 0 spiro atoms. The van der Waals surface area contributed by atoms with Crippen molar-refractivity contribution < 1.29 is 23.8 Å². The Bertz CT molecular complexity index is 827. The summed E-state index contributed by atoms with van der Waals surface area (Å²) >= 11 is 0. The number of esters is 2. The number of hydrogen-bond donors (Lipinski definition) is 1. The van der Waals surface area contributed by atoms with Crippen molar-refractivity contribution in [1.82, 2.24) is 15.4 Å². The zero-order valence-electron chi connectivity index (χ0n) is 16.2. The van der Waals surface area contributed by atoms with Gasteiger partial charge < -0.3 is 14.2 Å². The summed E-state index contributed by atoms with van der Waals surface area (Å²) in [5.74, 6) is -0.0581. The van der Waals surface area contributed by atoms with Crippen molar-refractivity contribution in [3.05, 3.63) is 23.9 Å². The van der Waals surface area contributed by atoms with Crippen LogP contribution in [0.2, 0.25) is 0 Å². The highest BCUT2D eigenvalue weighted by Gasteiger charge is 2.25. The van der Waals surface area contributed by atoms with E-state index in [1.54, 1.807) is 25.1 Å². The largest absolute Gasteiger partial charge is 0.490 e. The van der Waals surface area contributed by atoms with Crippen LogP contribution in [0.4, 0.5) is 0 Å². The summed E-state index contributed by atoms with van der Waals surface area (Å²) in [5.41, 5.74) is 1.05. The Morgan fingerprint density at radius 2 is 1.86 bits per heavy atom. The summed E-state index contributed by atoms with van der Waals surface area (Å²) < 4.78 is 16.3. The first-order valence-corrected chi connectivity index (χ1v) is 9.70. The molecule has 1 aliphatic rings. The molecule has 0 bridgehead atoms. The van der Waals surface area contributed by atoms with Gasteiger partial charge >= 0.3 is 11.9 Å². The third-order valence-corrected chi connectivity index (χ3v) is 4.68. The number of carbonyl (C=O) groups excluding carboxylic acids is 2. The van der Waals surface area contributed by atoms with Crippen LogP contribution in [0.15, 0.2) is 18.2 Å². The molecule has 0 radical (unpaired) electrons. The van der Waals surface area contributed by atoms with Crippen LogP contribution in [0.3, 0.4) is 0 Å². The molecular weight excluding hydrogens is 362 g/mol. The van der Waals surface area contributed by atoms with E-state index in [4.69, 9.17) is 14.2 Å². The minimum Gasteiger partial charge on any atom is -0.490 e. The van der Waals surface area contributed by atoms with E-state index < -0.39 is 5.97 Å². The van der Waals surface area contributed by atoms with Crippen molar-refractivity contribution >= 4 is 11.9 Å². The van der Waals surface area contributed by atoms with Crippen molar-refractivity contribution in [2.45, 2.75) is 46.0 Å². The molecular formula is C20H25N3O5. The average Bonchev–Trinajstić information content (AvgIpc) is 3.20. The second-order valence-corrected chi connectivity index (χ2v) is 6.59. The molecule has 2 aromatic rings. The lowest BCUT2D eigenvalue weighted by Crippen LogP contribution is -2.23. The topological polar surface area (TPSA) is 103 Å². The van der Waals surface area contributed by atoms with Gasteiger partial charge in [-0.05, 0) is 44.9 Å². The number of aromatic amines is 1. The van der Waals surface area contributed by atoms with Crippen LogP contribution in [0.1, 0.15) is 56.4 Å². The molecule has 28 heavy (non-hydrogen) atoms. The molecule has 1 heterocycles. The zero-order chi connectivity index (χ0) is 19.9. The van der Waals surface area contributed by atoms with Crippen molar-refractivity contribution in [2.75, 3.05) is 13.2 Å². The van der Waals surface area contributed by atoms with Crippen molar-refractivity contribution in [3.63, 3.8) is 0 Å². The molecule has 150 valence electrons. The molecule has 0 saturated heterocycles. The first kappa shape index (κ1) is 19.9. The predicted molar refractivity (Wildman–Crippen MR) is 101 cm³/mol. The Morgan fingerprint density at radius 3 is 2.57 bits per heavy atom. The van der Waals surface area contributed by atoms with Crippen molar-refractivity contribution in [1.29, 1.82) is 0 Å². The summed E-state index contributed by atoms with van der Waals surface area (Å²) in [4.78, 5) is 24.5. The maximum absolute atomic E-state index is 12.5. The molecule has 0 aliphatic heterocycles. The molecule has 8 nitrogen and oxygen atoms in total. The lowest BCUT2D eigenvalue weighted by atomic mass is 9.89. The first-order valence-electron chi connectivity index (χ1n) is 9.70. The Balaban J connectivity index is 1.84. The number of carbonyl (C=O) groups is 2. The normalized spacial score (nSPS) is 14.5. The molecule has 8 heteroatoms. The maximum Gasteiger partial charge on any atom is 0.361 e. The quantitative estimate of drug-likeness (QED) is 0.572. The summed E-state index contributed by atoms with van der Waals surface area (Å²) in [6.45, 7) is 4.21. The van der Waals surface area contributed by atoms with E-state index in [2.05, 4.69) is 15.4 Å². The van der Waals surface area contributed by atoms with Crippen LogP contribution in [0.25, 0.3) is 11.3 Å². The van der Waals surface area contributed by atoms with E-state index in [9.17, 15) is 9.59 Å². The fraction of sp³-hybridized carbons (Fsp3) is 0.500. The Kier molecular flexibility index (Phi) is 6.62. The summed E-state index contributed by atoms with van der Waals surface area (Å²) in [6, 6.07) is 5.06. The predicted octanol–water partition coefficient (Wildman–Crippen LogP) is 3.53. The van der Waals surface area contributed by atoms with E-state index in [1.807, 2.05) is 6.92 Å². The lowest BCUT2D eigenvalue weighted by Gasteiger charge is -2.20. The van der Waals surface area contributed by atoms with Gasteiger partial charge in [0.15, 0.2) is 17.2 Å². The SMILES string of the molecule is CCOC(=O)c1n[nH]nc1-c1ccc(OC(=O)C2CCCCC2)c(OCC)c1. The van der Waals surface area contributed by atoms with E-state index in [1.165, 1.54) is 6.42 Å². The lowest BCUT2D eigenvalue weighted by molar-refractivity contribution is -0.140. The fourth-order valence-corrected chi connectivity index (χ4v) is 3.31. The third-order valence-electron chi connectivity index (χ3n) is 4.68. The molecule has 1 saturated carbocycles. The van der Waals surface area contributed by atoms with Gasteiger partial charge in [-0.3, -0.25) is 4.79 Å². The van der Waals surface area contributed by atoms with Crippen LogP contribution >= 0.6 is 0 Å². The minimum absolute atomic E-state index is 0.0612. The average molecular weight is 387 g/mol. The van der Waals surface area contributed by atoms with Crippen LogP contribution in [0.5, 0.6) is 11.5 Å². The monoisotopic (exact) mass is 387 g/mol. The molecule has 1 aliphatic carbocycles. The van der Waals surface area contributed by atoms with Gasteiger partial charge in [-0.2, -0.15) is 10.3 Å². The second kappa shape index (κ2) is 9.34. The van der Waals surface area contributed by atoms with Gasteiger partial charge in [0, 0.05) is 5.56 Å². The van der Waals surface area contributed by atoms with Crippen LogP contribution in [-0.2, 0) is 9.53 Å². The summed E-state index contributed by atoms with van der Waals surface area (Å²) in [6.07, 6.45) is 5.01. The number of aromatic nitrogens is 3. The summed E-state index contributed by atoms with van der Waals surface area (Å²) in [7, 11) is 0. The van der Waals surface area contributed by atoms with Crippen molar-refractivity contribution in [3.8, 4) is 22.8 Å². The Hall–Kier alpha value is -2.90. The van der Waals surface area contributed by atoms with Gasteiger partial charge in [-0.1, -0.05) is 19.3 Å². The van der Waals surface area contributed by atoms with E-state index in [0.717, 1.165) is 25.7 Å². The number of benzene rings is 1. The van der Waals surface area contributed by atoms with Gasteiger partial charge in [0.25, 0.3) is 0 Å². The smallest absolute Gasteiger partial charge is 0.361 e. The standard InChI is InChI=1S/C20H25N3O5/c1-3-26-16-12-14(17-18(22-23-21-17)20(25)27-4-2)10-11-15(16)28-19(24)13-8-6-5-7-9-13/h10-13H,3-9H2,1-2H3,(H,21,22,23). The molecule has 0 amide bonds. The highest BCUT2D eigenvalue weighted by molar-refractivity contribution is 5.94. The Labute approximate surface area is 163 Å². The number of ether oxygens (including phenoxy) is 3. The highest BCUT2D eigenvalue weighted by Crippen LogP contribution is 2.34. The molecule has 3 rings (SSSR count). The Morgan fingerprint density at radius 1 is 1.07 bits per heavy atom. The van der Waals surface area contributed by atoms with Crippen LogP contribution in [-0.4, -0.2) is 40.6 Å². The number of rotatable bonds is 7. The van der Waals surface area contributed by atoms with Gasteiger partial charge in [-0.15, -0.1) is 5.10 Å². The third kappa shape index (κ3) is 4.49. The van der Waals surface area contributed by atoms with E-state index >= 15 is 0 Å². The van der Waals surface area contributed by atoms with Gasteiger partial charge in [-0.25, -0.2) is 4.79 Å².